The maximum Gasteiger partial charge on any atom is 0.406 e. The molecule has 1 aliphatic rings. The smallest absolute Gasteiger partial charge is 0.406 e. The van der Waals surface area contributed by atoms with Crippen molar-refractivity contribution in [2.75, 3.05) is 18.5 Å². The first-order valence-corrected chi connectivity index (χ1v) is 7.71. The Kier molecular flexibility index (Phi) is 4.04. The van der Waals surface area contributed by atoms with Crippen molar-refractivity contribution in [2.24, 2.45) is 7.05 Å². The lowest BCUT2D eigenvalue weighted by atomic mass is 10.0. The summed E-state index contributed by atoms with van der Waals surface area (Å²) in [6.45, 7) is 4.84. The van der Waals surface area contributed by atoms with Crippen molar-refractivity contribution in [1.82, 2.24) is 9.55 Å². The molecule has 0 amide bonds. The van der Waals surface area contributed by atoms with Gasteiger partial charge in [-0.15, -0.1) is 0 Å². The summed E-state index contributed by atoms with van der Waals surface area (Å²) in [7, 11) is 1.70. The van der Waals surface area contributed by atoms with Crippen LogP contribution in [0, 0.1) is 10.1 Å². The first-order valence-electron chi connectivity index (χ1n) is 7.71. The van der Waals surface area contributed by atoms with Crippen LogP contribution in [0.4, 0.5) is 11.6 Å². The number of ether oxygens (including phenoxy) is 2. The van der Waals surface area contributed by atoms with Gasteiger partial charge in [0.2, 0.25) is 12.1 Å². The Morgan fingerprint density at radius 2 is 2.29 bits per heavy atom. The number of nitro groups is 1. The number of anilines is 1. The summed E-state index contributed by atoms with van der Waals surface area (Å²) in [6, 6.07) is 5.85. The van der Waals surface area contributed by atoms with Gasteiger partial charge in [0.15, 0.2) is 11.5 Å². The van der Waals surface area contributed by atoms with Crippen LogP contribution >= 0.6 is 0 Å². The molecule has 3 rings (SSSR count). The average Bonchev–Trinajstić information content (AvgIpc) is 3.02. The summed E-state index contributed by atoms with van der Waals surface area (Å²) in [4.78, 5) is 14.2. The van der Waals surface area contributed by atoms with E-state index in [-0.39, 0.29) is 11.4 Å². The zero-order valence-corrected chi connectivity index (χ0v) is 13.9. The molecule has 0 radical (unpaired) electrons. The van der Waals surface area contributed by atoms with Crippen LogP contribution in [0.3, 0.4) is 0 Å². The number of nitrogens with one attached hydrogen (secondary N) is 1. The van der Waals surface area contributed by atoms with E-state index < -0.39 is 4.92 Å². The number of hydrogen-bond donors (Lipinski definition) is 1. The maximum absolute atomic E-state index is 10.9. The van der Waals surface area contributed by atoms with Crippen LogP contribution in [0.25, 0.3) is 0 Å². The molecule has 0 bridgehead atoms. The second-order valence-electron chi connectivity index (χ2n) is 6.34. The van der Waals surface area contributed by atoms with Crippen LogP contribution < -0.4 is 14.8 Å². The highest BCUT2D eigenvalue weighted by molar-refractivity contribution is 5.52. The number of fused-ring (bicyclic) bond motifs is 1. The molecule has 0 saturated heterocycles. The number of hydrogen-bond acceptors (Lipinski definition) is 6. The molecule has 1 aromatic heterocycles. The molecule has 0 aliphatic carbocycles. The van der Waals surface area contributed by atoms with Gasteiger partial charge in [-0.2, -0.15) is 0 Å². The minimum absolute atomic E-state index is 0.191. The Labute approximate surface area is 139 Å². The maximum atomic E-state index is 10.9. The van der Waals surface area contributed by atoms with E-state index in [0.29, 0.717) is 24.7 Å². The Balaban J connectivity index is 1.60. The van der Waals surface area contributed by atoms with Gasteiger partial charge in [-0.25, -0.2) is 0 Å². The predicted molar refractivity (Wildman–Crippen MR) is 88.7 cm³/mol. The second-order valence-corrected chi connectivity index (χ2v) is 6.34. The SMILES string of the molecule is Cn1cnc([N+](=O)[O-])c1NCCOc1cccc2c1OC(C)(C)C2. The lowest BCUT2D eigenvalue weighted by molar-refractivity contribution is -0.388. The molecule has 128 valence electrons. The van der Waals surface area contributed by atoms with E-state index in [1.54, 1.807) is 11.6 Å². The number of benzene rings is 1. The molecule has 2 aromatic rings. The molecule has 0 saturated carbocycles. The number of imidazole rings is 1. The summed E-state index contributed by atoms with van der Waals surface area (Å²) in [5, 5.41) is 13.9. The molecular formula is C16H20N4O4. The van der Waals surface area contributed by atoms with Gasteiger partial charge in [0.25, 0.3) is 0 Å². The molecule has 2 heterocycles. The third kappa shape index (κ3) is 3.12. The summed E-state index contributed by atoms with van der Waals surface area (Å²) in [5.74, 6) is 1.65. The minimum atomic E-state index is -0.511. The van der Waals surface area contributed by atoms with Crippen molar-refractivity contribution < 1.29 is 14.4 Å². The van der Waals surface area contributed by atoms with Crippen LogP contribution in [0.1, 0.15) is 19.4 Å². The van der Waals surface area contributed by atoms with Gasteiger partial charge in [0, 0.05) is 19.0 Å². The van der Waals surface area contributed by atoms with Crippen molar-refractivity contribution in [3.8, 4) is 11.5 Å². The molecule has 0 atom stereocenters. The van der Waals surface area contributed by atoms with E-state index in [1.165, 1.54) is 6.33 Å². The molecule has 0 spiro atoms. The first-order chi connectivity index (χ1) is 11.4. The van der Waals surface area contributed by atoms with Crippen molar-refractivity contribution >= 4 is 11.6 Å². The van der Waals surface area contributed by atoms with Crippen LogP contribution in [0.15, 0.2) is 24.5 Å². The Morgan fingerprint density at radius 1 is 1.50 bits per heavy atom. The third-order valence-electron chi connectivity index (χ3n) is 3.80. The molecule has 8 heteroatoms. The van der Waals surface area contributed by atoms with E-state index in [9.17, 15) is 10.1 Å². The zero-order chi connectivity index (χ0) is 17.3. The van der Waals surface area contributed by atoms with Crippen LogP contribution in [0.5, 0.6) is 11.5 Å². The monoisotopic (exact) mass is 332 g/mol. The number of nitrogens with zero attached hydrogens (tertiary/aromatic N) is 3. The predicted octanol–water partition coefficient (Wildman–Crippen LogP) is 2.53. The van der Waals surface area contributed by atoms with Crippen molar-refractivity contribution in [1.29, 1.82) is 0 Å². The highest BCUT2D eigenvalue weighted by Gasteiger charge is 2.32. The van der Waals surface area contributed by atoms with Gasteiger partial charge in [0.05, 0.1) is 6.54 Å². The number of para-hydroxylation sites is 1. The van der Waals surface area contributed by atoms with Gasteiger partial charge >= 0.3 is 5.82 Å². The molecule has 0 fully saturated rings. The van der Waals surface area contributed by atoms with Gasteiger partial charge in [0.1, 0.15) is 12.2 Å². The highest BCUT2D eigenvalue weighted by Crippen LogP contribution is 2.41. The van der Waals surface area contributed by atoms with Gasteiger partial charge in [-0.05, 0) is 29.8 Å². The number of aryl methyl sites for hydroxylation is 1. The van der Waals surface area contributed by atoms with Crippen molar-refractivity contribution in [3.05, 3.63) is 40.2 Å². The molecule has 8 nitrogen and oxygen atoms in total. The topological polar surface area (TPSA) is 91.5 Å². The molecule has 1 aliphatic heterocycles. The fourth-order valence-corrected chi connectivity index (χ4v) is 2.79. The summed E-state index contributed by atoms with van der Waals surface area (Å²) < 4.78 is 13.3. The van der Waals surface area contributed by atoms with Crippen LogP contribution in [-0.2, 0) is 13.5 Å². The lowest BCUT2D eigenvalue weighted by Crippen LogP contribution is -2.24. The summed E-state index contributed by atoms with van der Waals surface area (Å²) >= 11 is 0. The largest absolute Gasteiger partial charge is 0.488 e. The molecule has 0 unspecified atom stereocenters. The van der Waals surface area contributed by atoms with Crippen LogP contribution in [-0.4, -0.2) is 33.2 Å². The molecule has 1 N–H and O–H groups in total. The van der Waals surface area contributed by atoms with E-state index >= 15 is 0 Å². The summed E-state index contributed by atoms with van der Waals surface area (Å²) in [6.07, 6.45) is 2.25. The second kappa shape index (κ2) is 6.03. The zero-order valence-electron chi connectivity index (χ0n) is 13.9. The van der Waals surface area contributed by atoms with Crippen LogP contribution in [0.2, 0.25) is 0 Å². The Bertz CT molecular complexity index is 769. The van der Waals surface area contributed by atoms with E-state index in [1.807, 2.05) is 32.0 Å². The minimum Gasteiger partial charge on any atom is -0.488 e. The van der Waals surface area contributed by atoms with E-state index in [4.69, 9.17) is 9.47 Å². The van der Waals surface area contributed by atoms with Gasteiger partial charge < -0.3 is 24.9 Å². The lowest BCUT2D eigenvalue weighted by Gasteiger charge is -2.18. The third-order valence-corrected chi connectivity index (χ3v) is 3.80. The summed E-state index contributed by atoms with van der Waals surface area (Å²) in [5.41, 5.74) is 0.905. The van der Waals surface area contributed by atoms with E-state index in [2.05, 4.69) is 10.3 Å². The fraction of sp³-hybridized carbons (Fsp3) is 0.438. The normalized spacial score (nSPS) is 14.8. The highest BCUT2D eigenvalue weighted by atomic mass is 16.6. The number of aromatic nitrogens is 2. The van der Waals surface area contributed by atoms with E-state index in [0.717, 1.165) is 17.7 Å². The van der Waals surface area contributed by atoms with Crippen molar-refractivity contribution in [2.45, 2.75) is 25.9 Å². The fourth-order valence-electron chi connectivity index (χ4n) is 2.79. The molecular weight excluding hydrogens is 312 g/mol. The molecule has 24 heavy (non-hydrogen) atoms. The van der Waals surface area contributed by atoms with Gasteiger partial charge in [-0.1, -0.05) is 12.1 Å². The Hall–Kier alpha value is -2.77. The average molecular weight is 332 g/mol. The Morgan fingerprint density at radius 3 is 3.04 bits per heavy atom. The number of rotatable bonds is 6. The van der Waals surface area contributed by atoms with Crippen molar-refractivity contribution in [3.63, 3.8) is 0 Å². The van der Waals surface area contributed by atoms with Gasteiger partial charge in [-0.3, -0.25) is 4.57 Å². The quantitative estimate of drug-likeness (QED) is 0.496. The molecule has 1 aromatic carbocycles. The standard InChI is InChI=1S/C16H20N4O4/c1-16(2)9-11-5-4-6-12(13(11)24-16)23-8-7-17-14-15(20(21)22)18-10-19(14)3/h4-6,10,17H,7-9H2,1-3H3. The first kappa shape index (κ1) is 16.1.